The Labute approximate surface area is 69.4 Å². The highest BCUT2D eigenvalue weighted by molar-refractivity contribution is 5.32. The van der Waals surface area contributed by atoms with Crippen molar-refractivity contribution in [3.05, 3.63) is 28.8 Å². The first-order valence-electron chi connectivity index (χ1n) is 3.10. The lowest BCUT2D eigenvalue weighted by Crippen LogP contribution is -2.01. The number of alkyl halides is 1. The van der Waals surface area contributed by atoms with Crippen LogP contribution < -0.4 is 0 Å². The molecule has 0 amide bonds. The topological polar surface area (TPSA) is 20.2 Å². The van der Waals surface area contributed by atoms with Crippen LogP contribution in [-0.2, 0) is 6.67 Å². The zero-order chi connectivity index (χ0) is 10.2. The summed E-state index contributed by atoms with van der Waals surface area (Å²) in [5.74, 6) is -9.61. The monoisotopic (exact) mass is 198 g/mol. The molecular formula is C7H3F5O. The van der Waals surface area contributed by atoms with Crippen molar-refractivity contribution in [3.63, 3.8) is 0 Å². The molecule has 1 rings (SSSR count). The molecule has 0 aliphatic rings. The minimum atomic E-state index is -1.99. The fourth-order valence-corrected chi connectivity index (χ4v) is 0.783. The van der Waals surface area contributed by atoms with E-state index in [1.165, 1.54) is 0 Å². The van der Waals surface area contributed by atoms with Gasteiger partial charge in [-0.2, -0.15) is 8.78 Å². The van der Waals surface area contributed by atoms with Gasteiger partial charge in [0.15, 0.2) is 17.4 Å². The van der Waals surface area contributed by atoms with Crippen molar-refractivity contribution in [2.45, 2.75) is 6.67 Å². The van der Waals surface area contributed by atoms with Gasteiger partial charge in [0.25, 0.3) is 0 Å². The first-order chi connectivity index (χ1) is 6.00. The number of phenolic OH excluding ortho intramolecular Hbond substituents is 1. The summed E-state index contributed by atoms with van der Waals surface area (Å²) in [6.07, 6.45) is 0. The molecule has 0 atom stereocenters. The predicted molar refractivity (Wildman–Crippen MR) is 32.8 cm³/mol. The minimum Gasteiger partial charge on any atom is -0.503 e. The summed E-state index contributed by atoms with van der Waals surface area (Å²) in [6, 6.07) is 0. The lowest BCUT2D eigenvalue weighted by molar-refractivity contribution is 0.339. The smallest absolute Gasteiger partial charge is 0.204 e. The lowest BCUT2D eigenvalue weighted by Gasteiger charge is -2.04. The quantitative estimate of drug-likeness (QED) is 0.542. The highest BCUT2D eigenvalue weighted by atomic mass is 19.2. The molecule has 0 unspecified atom stereocenters. The van der Waals surface area contributed by atoms with Crippen LogP contribution in [0, 0.1) is 23.3 Å². The molecule has 0 aromatic heterocycles. The maximum atomic E-state index is 12.5. The highest BCUT2D eigenvalue weighted by Crippen LogP contribution is 2.28. The summed E-state index contributed by atoms with van der Waals surface area (Å²) in [7, 11) is 0. The van der Waals surface area contributed by atoms with Gasteiger partial charge in [0.05, 0.1) is 5.56 Å². The SMILES string of the molecule is Oc1c(F)c(F)c(CF)c(F)c1F. The van der Waals surface area contributed by atoms with Crippen LogP contribution in [0.2, 0.25) is 0 Å². The molecule has 0 heterocycles. The number of rotatable bonds is 1. The Morgan fingerprint density at radius 3 is 1.54 bits per heavy atom. The summed E-state index contributed by atoms with van der Waals surface area (Å²) in [4.78, 5) is 0. The van der Waals surface area contributed by atoms with E-state index in [9.17, 15) is 22.0 Å². The van der Waals surface area contributed by atoms with Crippen LogP contribution in [0.5, 0.6) is 5.75 Å². The Hall–Kier alpha value is -1.33. The van der Waals surface area contributed by atoms with Gasteiger partial charge < -0.3 is 5.11 Å². The normalized spacial score (nSPS) is 10.5. The van der Waals surface area contributed by atoms with Gasteiger partial charge in [-0.25, -0.2) is 13.2 Å². The molecule has 13 heavy (non-hydrogen) atoms. The van der Waals surface area contributed by atoms with Crippen molar-refractivity contribution in [3.8, 4) is 5.75 Å². The van der Waals surface area contributed by atoms with Crippen LogP contribution in [0.15, 0.2) is 0 Å². The molecule has 1 nitrogen and oxygen atoms in total. The number of benzene rings is 1. The minimum absolute atomic E-state index is 1.37. The van der Waals surface area contributed by atoms with E-state index in [-0.39, 0.29) is 0 Å². The summed E-state index contributed by atoms with van der Waals surface area (Å²) < 4.78 is 61.7. The van der Waals surface area contributed by atoms with E-state index in [1.807, 2.05) is 0 Å². The maximum Gasteiger partial charge on any atom is 0.204 e. The molecule has 1 N–H and O–H groups in total. The van der Waals surface area contributed by atoms with Gasteiger partial charge in [0, 0.05) is 0 Å². The number of halogens is 5. The molecule has 72 valence electrons. The van der Waals surface area contributed by atoms with E-state index in [0.29, 0.717) is 0 Å². The second-order valence-corrected chi connectivity index (χ2v) is 2.22. The maximum absolute atomic E-state index is 12.5. The average Bonchev–Trinajstić information content (AvgIpc) is 2.13. The van der Waals surface area contributed by atoms with E-state index < -0.39 is 41.3 Å². The van der Waals surface area contributed by atoms with E-state index in [0.717, 1.165) is 0 Å². The summed E-state index contributed by atoms with van der Waals surface area (Å²) >= 11 is 0. The molecule has 0 radical (unpaired) electrons. The van der Waals surface area contributed by atoms with Crippen LogP contribution in [-0.4, -0.2) is 5.11 Å². The van der Waals surface area contributed by atoms with Crippen molar-refractivity contribution < 1.29 is 27.1 Å². The molecule has 0 fully saturated rings. The molecule has 0 saturated heterocycles. The number of hydrogen-bond acceptors (Lipinski definition) is 1. The van der Waals surface area contributed by atoms with Crippen LogP contribution in [0.25, 0.3) is 0 Å². The highest BCUT2D eigenvalue weighted by Gasteiger charge is 2.24. The van der Waals surface area contributed by atoms with Gasteiger partial charge in [0.2, 0.25) is 11.6 Å². The molecule has 0 spiro atoms. The number of phenols is 1. The van der Waals surface area contributed by atoms with E-state index >= 15 is 0 Å². The first-order valence-corrected chi connectivity index (χ1v) is 3.10. The van der Waals surface area contributed by atoms with Crippen molar-refractivity contribution in [1.29, 1.82) is 0 Å². The molecule has 1 aromatic rings. The molecule has 0 saturated carbocycles. The van der Waals surface area contributed by atoms with Crippen molar-refractivity contribution in [2.75, 3.05) is 0 Å². The molecule has 0 aliphatic carbocycles. The van der Waals surface area contributed by atoms with Crippen molar-refractivity contribution >= 4 is 0 Å². The Bertz CT molecular complexity index is 320. The standard InChI is InChI=1S/C7H3F5O/c8-1-2-3(9)5(11)7(13)6(12)4(2)10/h13H,1H2. The average molecular weight is 198 g/mol. The molecular weight excluding hydrogens is 195 g/mol. The van der Waals surface area contributed by atoms with Crippen LogP contribution in [0.3, 0.4) is 0 Å². The van der Waals surface area contributed by atoms with Gasteiger partial charge in [0.1, 0.15) is 6.67 Å². The zero-order valence-corrected chi connectivity index (χ0v) is 6.04. The summed E-state index contributed by atoms with van der Waals surface area (Å²) in [5, 5.41) is 8.44. The fraction of sp³-hybridized carbons (Fsp3) is 0.143. The third-order valence-electron chi connectivity index (χ3n) is 1.46. The van der Waals surface area contributed by atoms with E-state index in [2.05, 4.69) is 0 Å². The predicted octanol–water partition coefficient (Wildman–Crippen LogP) is 2.42. The molecule has 0 aliphatic heterocycles. The lowest BCUT2D eigenvalue weighted by atomic mass is 10.2. The van der Waals surface area contributed by atoms with Crippen LogP contribution in [0.1, 0.15) is 5.56 Å². The van der Waals surface area contributed by atoms with E-state index in [1.54, 1.807) is 0 Å². The molecule has 6 heteroatoms. The van der Waals surface area contributed by atoms with Gasteiger partial charge in [-0.15, -0.1) is 0 Å². The largest absolute Gasteiger partial charge is 0.503 e. The second kappa shape index (κ2) is 3.20. The van der Waals surface area contributed by atoms with E-state index in [4.69, 9.17) is 5.11 Å². The van der Waals surface area contributed by atoms with Crippen LogP contribution >= 0.6 is 0 Å². The number of aromatic hydroxyl groups is 1. The van der Waals surface area contributed by atoms with Crippen molar-refractivity contribution in [2.24, 2.45) is 0 Å². The van der Waals surface area contributed by atoms with Gasteiger partial charge in [-0.3, -0.25) is 0 Å². The third kappa shape index (κ3) is 1.32. The molecule has 1 aromatic carbocycles. The van der Waals surface area contributed by atoms with Crippen molar-refractivity contribution in [1.82, 2.24) is 0 Å². The molecule has 0 bridgehead atoms. The first kappa shape index (κ1) is 9.76. The van der Waals surface area contributed by atoms with Gasteiger partial charge >= 0.3 is 0 Å². The number of hydrogen-bond donors (Lipinski definition) is 1. The summed E-state index contributed by atoms with van der Waals surface area (Å²) in [6.45, 7) is -1.69. The Kier molecular flexibility index (Phi) is 2.40. The Balaban J connectivity index is 3.56. The van der Waals surface area contributed by atoms with Gasteiger partial charge in [-0.05, 0) is 0 Å². The Morgan fingerprint density at radius 2 is 1.23 bits per heavy atom. The zero-order valence-electron chi connectivity index (χ0n) is 6.04. The fourth-order valence-electron chi connectivity index (χ4n) is 0.783. The third-order valence-corrected chi connectivity index (χ3v) is 1.46. The van der Waals surface area contributed by atoms with Gasteiger partial charge in [-0.1, -0.05) is 0 Å². The van der Waals surface area contributed by atoms with Crippen LogP contribution in [0.4, 0.5) is 22.0 Å². The second-order valence-electron chi connectivity index (χ2n) is 2.22. The Morgan fingerprint density at radius 1 is 0.846 bits per heavy atom. The summed E-state index contributed by atoms with van der Waals surface area (Å²) in [5.41, 5.74) is -1.37.